The third-order valence-corrected chi connectivity index (χ3v) is 3.24. The van der Waals surface area contributed by atoms with E-state index in [1.807, 2.05) is 0 Å². The Morgan fingerprint density at radius 2 is 1.60 bits per heavy atom. The normalized spacial score (nSPS) is 25.1. The van der Waals surface area contributed by atoms with Crippen LogP contribution in [0.25, 0.3) is 5.57 Å². The predicted octanol–water partition coefficient (Wildman–Crippen LogP) is 4.22. The van der Waals surface area contributed by atoms with E-state index < -0.39 is 0 Å². The molecule has 0 spiro atoms. The van der Waals surface area contributed by atoms with Crippen molar-refractivity contribution in [1.29, 1.82) is 0 Å². The highest BCUT2D eigenvalue weighted by Gasteiger charge is 2.12. The zero-order chi connectivity index (χ0) is 10.8. The number of benzene rings is 1. The third kappa shape index (κ3) is 2.20. The fourth-order valence-electron chi connectivity index (χ4n) is 1.86. The molecular weight excluding hydrogens is 180 g/mol. The maximum absolute atomic E-state index is 2.37. The summed E-state index contributed by atoms with van der Waals surface area (Å²) in [5.74, 6) is 1.31. The van der Waals surface area contributed by atoms with Crippen molar-refractivity contribution in [3.63, 3.8) is 0 Å². The molecule has 0 aromatic heterocycles. The first-order valence-electron chi connectivity index (χ1n) is 5.64. The molecule has 0 saturated carbocycles. The minimum Gasteiger partial charge on any atom is -0.0805 e. The van der Waals surface area contributed by atoms with E-state index in [9.17, 15) is 0 Å². The molecule has 1 aliphatic carbocycles. The average Bonchev–Trinajstić information content (AvgIpc) is 2.23. The van der Waals surface area contributed by atoms with Gasteiger partial charge in [-0.2, -0.15) is 0 Å². The largest absolute Gasteiger partial charge is 0.0805 e. The molecule has 0 fully saturated rings. The van der Waals surface area contributed by atoms with E-state index in [2.05, 4.69) is 63.3 Å². The van der Waals surface area contributed by atoms with Crippen LogP contribution in [0.4, 0.5) is 0 Å². The van der Waals surface area contributed by atoms with Gasteiger partial charge in [0.2, 0.25) is 0 Å². The van der Waals surface area contributed by atoms with Gasteiger partial charge < -0.3 is 0 Å². The van der Waals surface area contributed by atoms with Gasteiger partial charge in [0.25, 0.3) is 0 Å². The van der Waals surface area contributed by atoms with Crippen LogP contribution in [0, 0.1) is 18.8 Å². The second kappa shape index (κ2) is 4.06. The Bertz CT molecular complexity index is 393. The zero-order valence-corrected chi connectivity index (χ0v) is 9.70. The molecule has 1 aromatic carbocycles. The Morgan fingerprint density at radius 3 is 2.20 bits per heavy atom. The van der Waals surface area contributed by atoms with Crippen LogP contribution in [0.5, 0.6) is 0 Å². The quantitative estimate of drug-likeness (QED) is 0.633. The van der Waals surface area contributed by atoms with Crippen LogP contribution in [0.3, 0.4) is 0 Å². The lowest BCUT2D eigenvalue weighted by molar-refractivity contribution is 0.554. The summed E-state index contributed by atoms with van der Waals surface area (Å²) in [6.45, 7) is 6.67. The minimum absolute atomic E-state index is 0.645. The molecule has 0 heteroatoms. The Kier molecular flexibility index (Phi) is 2.77. The van der Waals surface area contributed by atoms with Crippen molar-refractivity contribution in [2.75, 3.05) is 0 Å². The van der Waals surface area contributed by atoms with Gasteiger partial charge in [-0.25, -0.2) is 0 Å². The molecule has 2 rings (SSSR count). The third-order valence-electron chi connectivity index (χ3n) is 3.24. The monoisotopic (exact) mass is 198 g/mol. The van der Waals surface area contributed by atoms with Gasteiger partial charge in [-0.3, -0.25) is 0 Å². The maximum Gasteiger partial charge on any atom is -0.0187 e. The molecule has 0 aliphatic heterocycles. The molecule has 1 unspecified atom stereocenters. The molecule has 0 N–H and O–H groups in total. The molecule has 1 aliphatic rings. The number of hydrogen-bond acceptors (Lipinski definition) is 0. The highest BCUT2D eigenvalue weighted by molar-refractivity contribution is 5.75. The predicted molar refractivity (Wildman–Crippen MR) is 66.6 cm³/mol. The van der Waals surface area contributed by atoms with Crippen molar-refractivity contribution < 1.29 is 0 Å². The highest BCUT2D eigenvalue weighted by Crippen LogP contribution is 2.27. The summed E-state index contributed by atoms with van der Waals surface area (Å²) in [7, 11) is 0. The van der Waals surface area contributed by atoms with Crippen molar-refractivity contribution in [1.82, 2.24) is 0 Å². The maximum atomic E-state index is 2.37. The van der Waals surface area contributed by atoms with Crippen molar-refractivity contribution in [3.05, 3.63) is 53.6 Å². The summed E-state index contributed by atoms with van der Waals surface area (Å²) in [6, 6.07) is 8.75. The van der Waals surface area contributed by atoms with Gasteiger partial charge in [0.15, 0.2) is 0 Å². The molecule has 0 nitrogen and oxygen atoms in total. The molecular formula is C15H18. The van der Waals surface area contributed by atoms with E-state index >= 15 is 0 Å². The molecule has 0 saturated heterocycles. The first kappa shape index (κ1) is 10.2. The first-order chi connectivity index (χ1) is 7.16. The van der Waals surface area contributed by atoms with E-state index in [0.717, 1.165) is 0 Å². The fraction of sp³-hybridized carbons (Fsp3) is 0.333. The number of rotatable bonds is 1. The first-order valence-corrected chi connectivity index (χ1v) is 5.64. The lowest BCUT2D eigenvalue weighted by Crippen LogP contribution is -2.06. The summed E-state index contributed by atoms with van der Waals surface area (Å²) in [5.41, 5.74) is 4.01. The van der Waals surface area contributed by atoms with Gasteiger partial charge in [-0.15, -0.1) is 0 Å². The molecule has 0 heterocycles. The van der Waals surface area contributed by atoms with Crippen molar-refractivity contribution in [2.24, 2.45) is 11.8 Å². The van der Waals surface area contributed by atoms with Gasteiger partial charge in [0.05, 0.1) is 0 Å². The van der Waals surface area contributed by atoms with E-state index in [1.165, 1.54) is 16.7 Å². The molecule has 2 atom stereocenters. The van der Waals surface area contributed by atoms with Gasteiger partial charge >= 0.3 is 0 Å². The lowest BCUT2D eigenvalue weighted by Gasteiger charge is -2.19. The van der Waals surface area contributed by atoms with Gasteiger partial charge in [-0.05, 0) is 29.9 Å². The Hall–Kier alpha value is -1.30. The van der Waals surface area contributed by atoms with E-state index in [0.29, 0.717) is 11.8 Å². The standard InChI is InChI=1S/C15H18/c1-11-4-7-14(8-5-11)15-9-6-12(2)13(3)10-15/h4-10,12-13H,1-3H3/t12-,13?/m0/s1. The number of hydrogen-bond donors (Lipinski definition) is 0. The van der Waals surface area contributed by atoms with E-state index in [-0.39, 0.29) is 0 Å². The lowest BCUT2D eigenvalue weighted by atomic mass is 9.86. The molecule has 78 valence electrons. The number of allylic oxidation sites excluding steroid dienone is 4. The molecule has 15 heavy (non-hydrogen) atoms. The SMILES string of the molecule is Cc1ccc(C2=CC(C)[C@@H](C)C=C2)cc1. The molecule has 0 bridgehead atoms. The second-order valence-corrected chi connectivity index (χ2v) is 4.57. The van der Waals surface area contributed by atoms with Crippen molar-refractivity contribution in [3.8, 4) is 0 Å². The summed E-state index contributed by atoms with van der Waals surface area (Å²) in [5, 5.41) is 0. The highest BCUT2D eigenvalue weighted by atomic mass is 14.2. The Balaban J connectivity index is 2.29. The summed E-state index contributed by atoms with van der Waals surface area (Å²) < 4.78 is 0. The fourth-order valence-corrected chi connectivity index (χ4v) is 1.86. The van der Waals surface area contributed by atoms with Gasteiger partial charge in [0.1, 0.15) is 0 Å². The second-order valence-electron chi connectivity index (χ2n) is 4.57. The molecule has 1 aromatic rings. The number of aryl methyl sites for hydroxylation is 1. The average molecular weight is 198 g/mol. The minimum atomic E-state index is 0.645. The van der Waals surface area contributed by atoms with Crippen LogP contribution in [0.2, 0.25) is 0 Å². The van der Waals surface area contributed by atoms with Crippen LogP contribution >= 0.6 is 0 Å². The van der Waals surface area contributed by atoms with Crippen LogP contribution in [0.1, 0.15) is 25.0 Å². The van der Waals surface area contributed by atoms with Crippen LogP contribution in [0.15, 0.2) is 42.5 Å². The van der Waals surface area contributed by atoms with Crippen LogP contribution in [-0.4, -0.2) is 0 Å². The van der Waals surface area contributed by atoms with Crippen molar-refractivity contribution >= 4 is 5.57 Å². The molecule has 0 amide bonds. The van der Waals surface area contributed by atoms with Crippen molar-refractivity contribution in [2.45, 2.75) is 20.8 Å². The van der Waals surface area contributed by atoms with Gasteiger partial charge in [0, 0.05) is 0 Å². The summed E-state index contributed by atoms with van der Waals surface area (Å²) in [4.78, 5) is 0. The van der Waals surface area contributed by atoms with E-state index in [4.69, 9.17) is 0 Å². The Labute approximate surface area is 92.3 Å². The zero-order valence-electron chi connectivity index (χ0n) is 9.70. The summed E-state index contributed by atoms with van der Waals surface area (Å²) in [6.07, 6.45) is 6.92. The smallest absolute Gasteiger partial charge is 0.0187 e. The summed E-state index contributed by atoms with van der Waals surface area (Å²) >= 11 is 0. The van der Waals surface area contributed by atoms with Gasteiger partial charge in [-0.1, -0.05) is 61.9 Å². The van der Waals surface area contributed by atoms with Crippen LogP contribution in [-0.2, 0) is 0 Å². The molecule has 0 radical (unpaired) electrons. The van der Waals surface area contributed by atoms with E-state index in [1.54, 1.807) is 0 Å². The topological polar surface area (TPSA) is 0 Å². The Morgan fingerprint density at radius 1 is 0.933 bits per heavy atom. The van der Waals surface area contributed by atoms with Crippen LogP contribution < -0.4 is 0 Å².